The summed E-state index contributed by atoms with van der Waals surface area (Å²) in [7, 11) is 1.80. The van der Waals surface area contributed by atoms with Crippen LogP contribution in [0.5, 0.6) is 0 Å². The van der Waals surface area contributed by atoms with E-state index in [4.69, 9.17) is 0 Å². The van der Waals surface area contributed by atoms with Crippen LogP contribution in [0.25, 0.3) is 11.0 Å². The molecule has 0 aliphatic carbocycles. The lowest BCUT2D eigenvalue weighted by Crippen LogP contribution is -2.22. The van der Waals surface area contributed by atoms with Gasteiger partial charge in [0.05, 0.1) is 17.6 Å². The number of aryl methyl sites for hydroxylation is 2. The Balaban J connectivity index is 2.17. The van der Waals surface area contributed by atoms with Crippen LogP contribution in [0, 0.1) is 6.92 Å². The van der Waals surface area contributed by atoms with Crippen molar-refractivity contribution in [3.05, 3.63) is 50.8 Å². The van der Waals surface area contributed by atoms with Gasteiger partial charge in [0, 0.05) is 18.1 Å². The van der Waals surface area contributed by atoms with Gasteiger partial charge in [-0.25, -0.2) is 9.78 Å². The SMILES string of the molecule is Cc1csc(Cn2c(=O)n(C)c3ccccc32)n1. The van der Waals surface area contributed by atoms with E-state index in [9.17, 15) is 4.79 Å². The lowest BCUT2D eigenvalue weighted by Gasteiger charge is -1.99. The third-order valence-corrected chi connectivity index (χ3v) is 3.96. The highest BCUT2D eigenvalue weighted by Gasteiger charge is 2.11. The third kappa shape index (κ3) is 1.67. The first-order chi connectivity index (χ1) is 8.66. The minimum absolute atomic E-state index is 0.00375. The van der Waals surface area contributed by atoms with E-state index in [0.29, 0.717) is 6.54 Å². The largest absolute Gasteiger partial charge is 0.329 e. The van der Waals surface area contributed by atoms with Crippen LogP contribution in [0.1, 0.15) is 10.7 Å². The number of fused-ring (bicyclic) bond motifs is 1. The van der Waals surface area contributed by atoms with E-state index in [0.717, 1.165) is 21.7 Å². The van der Waals surface area contributed by atoms with Crippen molar-refractivity contribution in [2.75, 3.05) is 0 Å². The second kappa shape index (κ2) is 4.10. The van der Waals surface area contributed by atoms with Crippen LogP contribution in [-0.4, -0.2) is 14.1 Å². The fraction of sp³-hybridized carbons (Fsp3) is 0.231. The molecule has 0 N–H and O–H groups in total. The van der Waals surface area contributed by atoms with Crippen molar-refractivity contribution in [1.82, 2.24) is 14.1 Å². The Bertz CT molecular complexity index is 766. The first-order valence-electron chi connectivity index (χ1n) is 5.72. The maximum Gasteiger partial charge on any atom is 0.329 e. The summed E-state index contributed by atoms with van der Waals surface area (Å²) in [5.41, 5.74) is 2.92. The molecule has 3 aromatic rings. The molecule has 0 atom stereocenters. The van der Waals surface area contributed by atoms with E-state index in [-0.39, 0.29) is 5.69 Å². The number of rotatable bonds is 2. The summed E-state index contributed by atoms with van der Waals surface area (Å²) in [5, 5.41) is 2.97. The van der Waals surface area contributed by atoms with Crippen molar-refractivity contribution in [3.63, 3.8) is 0 Å². The highest BCUT2D eigenvalue weighted by atomic mass is 32.1. The molecule has 0 aliphatic heterocycles. The molecule has 0 saturated carbocycles. The molecule has 0 fully saturated rings. The summed E-state index contributed by atoms with van der Waals surface area (Å²) >= 11 is 1.59. The lowest BCUT2D eigenvalue weighted by atomic mass is 10.3. The van der Waals surface area contributed by atoms with Gasteiger partial charge in [-0.2, -0.15) is 0 Å². The predicted octanol–water partition coefficient (Wildman–Crippen LogP) is 2.15. The molecule has 0 unspecified atom stereocenters. The normalized spacial score (nSPS) is 11.2. The van der Waals surface area contributed by atoms with E-state index in [1.165, 1.54) is 0 Å². The molecular formula is C13H13N3OS. The van der Waals surface area contributed by atoms with Gasteiger partial charge >= 0.3 is 5.69 Å². The van der Waals surface area contributed by atoms with Crippen LogP contribution < -0.4 is 5.69 Å². The highest BCUT2D eigenvalue weighted by molar-refractivity contribution is 7.09. The van der Waals surface area contributed by atoms with Gasteiger partial charge in [-0.1, -0.05) is 12.1 Å². The van der Waals surface area contributed by atoms with Gasteiger partial charge in [0.1, 0.15) is 5.01 Å². The van der Waals surface area contributed by atoms with Crippen molar-refractivity contribution >= 4 is 22.4 Å². The molecule has 0 bridgehead atoms. The van der Waals surface area contributed by atoms with Crippen LogP contribution in [-0.2, 0) is 13.6 Å². The molecule has 0 saturated heterocycles. The Morgan fingerprint density at radius 1 is 1.28 bits per heavy atom. The second-order valence-corrected chi connectivity index (χ2v) is 5.24. The quantitative estimate of drug-likeness (QED) is 0.707. The molecule has 0 amide bonds. The van der Waals surface area contributed by atoms with Gasteiger partial charge in [0.25, 0.3) is 0 Å². The number of nitrogens with zero attached hydrogens (tertiary/aromatic N) is 3. The Morgan fingerprint density at radius 3 is 2.67 bits per heavy atom. The van der Waals surface area contributed by atoms with Crippen molar-refractivity contribution in [2.45, 2.75) is 13.5 Å². The molecule has 4 nitrogen and oxygen atoms in total. The first kappa shape index (κ1) is 11.2. The second-order valence-electron chi connectivity index (χ2n) is 4.30. The monoisotopic (exact) mass is 259 g/mol. The van der Waals surface area contributed by atoms with Gasteiger partial charge in [0.15, 0.2) is 0 Å². The number of benzene rings is 1. The third-order valence-electron chi connectivity index (χ3n) is 3.01. The Labute approximate surface area is 108 Å². The fourth-order valence-electron chi connectivity index (χ4n) is 2.13. The van der Waals surface area contributed by atoms with Crippen LogP contribution in [0.3, 0.4) is 0 Å². The number of aromatic nitrogens is 3. The number of thiazole rings is 1. The smallest absolute Gasteiger partial charge is 0.295 e. The summed E-state index contributed by atoms with van der Waals surface area (Å²) in [6.07, 6.45) is 0. The lowest BCUT2D eigenvalue weighted by molar-refractivity contribution is 0.731. The minimum Gasteiger partial charge on any atom is -0.295 e. The number of imidazole rings is 1. The maximum atomic E-state index is 12.2. The topological polar surface area (TPSA) is 39.8 Å². The number of hydrogen-bond acceptors (Lipinski definition) is 3. The minimum atomic E-state index is 0.00375. The van der Waals surface area contributed by atoms with E-state index >= 15 is 0 Å². The summed E-state index contributed by atoms with van der Waals surface area (Å²) in [6.45, 7) is 2.50. The fourth-order valence-corrected chi connectivity index (χ4v) is 2.89. The number of hydrogen-bond donors (Lipinski definition) is 0. The van der Waals surface area contributed by atoms with Crippen LogP contribution >= 0.6 is 11.3 Å². The molecule has 3 rings (SSSR count). The van der Waals surface area contributed by atoms with E-state index in [2.05, 4.69) is 4.98 Å². The summed E-state index contributed by atoms with van der Waals surface area (Å²) in [4.78, 5) is 16.6. The van der Waals surface area contributed by atoms with E-state index in [1.807, 2.05) is 36.6 Å². The average Bonchev–Trinajstić information content (AvgIpc) is 2.88. The standard InChI is InChI=1S/C13H13N3OS/c1-9-8-18-12(14-9)7-16-11-6-4-3-5-10(11)15(2)13(16)17/h3-6,8H,7H2,1-2H3. The van der Waals surface area contributed by atoms with Gasteiger partial charge < -0.3 is 0 Å². The average molecular weight is 259 g/mol. The summed E-state index contributed by atoms with van der Waals surface area (Å²) in [6, 6.07) is 7.82. The molecule has 0 radical (unpaired) electrons. The van der Waals surface area contributed by atoms with Crippen molar-refractivity contribution < 1.29 is 0 Å². The van der Waals surface area contributed by atoms with E-state index < -0.39 is 0 Å². The Hall–Kier alpha value is -1.88. The molecule has 5 heteroatoms. The van der Waals surface area contributed by atoms with Crippen molar-refractivity contribution in [3.8, 4) is 0 Å². The van der Waals surface area contributed by atoms with Crippen LogP contribution in [0.2, 0.25) is 0 Å². The van der Waals surface area contributed by atoms with Crippen LogP contribution in [0.15, 0.2) is 34.4 Å². The summed E-state index contributed by atoms with van der Waals surface area (Å²) < 4.78 is 3.45. The van der Waals surface area contributed by atoms with E-state index in [1.54, 1.807) is 27.5 Å². The van der Waals surface area contributed by atoms with Crippen molar-refractivity contribution in [2.24, 2.45) is 7.05 Å². The Kier molecular flexibility index (Phi) is 2.56. The number of para-hydroxylation sites is 2. The van der Waals surface area contributed by atoms with Gasteiger partial charge in [-0.3, -0.25) is 9.13 Å². The zero-order chi connectivity index (χ0) is 12.7. The molecule has 0 aliphatic rings. The maximum absolute atomic E-state index is 12.2. The zero-order valence-electron chi connectivity index (χ0n) is 10.3. The van der Waals surface area contributed by atoms with Crippen LogP contribution in [0.4, 0.5) is 0 Å². The molecule has 2 aromatic heterocycles. The van der Waals surface area contributed by atoms with Gasteiger partial charge in [-0.05, 0) is 19.1 Å². The Morgan fingerprint density at radius 2 is 2.00 bits per heavy atom. The molecule has 1 aromatic carbocycles. The molecule has 92 valence electrons. The van der Waals surface area contributed by atoms with Gasteiger partial charge in [-0.15, -0.1) is 11.3 Å². The molecule has 0 spiro atoms. The molecule has 2 heterocycles. The predicted molar refractivity (Wildman–Crippen MR) is 73.1 cm³/mol. The summed E-state index contributed by atoms with van der Waals surface area (Å²) in [5.74, 6) is 0. The molecule has 18 heavy (non-hydrogen) atoms. The van der Waals surface area contributed by atoms with Gasteiger partial charge in [0.2, 0.25) is 0 Å². The van der Waals surface area contributed by atoms with Crippen molar-refractivity contribution in [1.29, 1.82) is 0 Å². The highest BCUT2D eigenvalue weighted by Crippen LogP contribution is 2.15. The first-order valence-corrected chi connectivity index (χ1v) is 6.60. The molecular weight excluding hydrogens is 246 g/mol. The zero-order valence-corrected chi connectivity index (χ0v) is 11.1.